The predicted octanol–water partition coefficient (Wildman–Crippen LogP) is 0.748. The van der Waals surface area contributed by atoms with Gasteiger partial charge in [0.05, 0.1) is 18.2 Å². The summed E-state index contributed by atoms with van der Waals surface area (Å²) < 4.78 is 5.63. The van der Waals surface area contributed by atoms with Crippen LogP contribution in [0.5, 0.6) is 0 Å². The number of ether oxygens (including phenoxy) is 1. The Kier molecular flexibility index (Phi) is 4.35. The third kappa shape index (κ3) is 2.39. The maximum absolute atomic E-state index is 12.7. The SMILES string of the molecule is CCOC1CC(N)(C(=O)N(C)C(C)(C)CO)C1(C)C. The summed E-state index contributed by atoms with van der Waals surface area (Å²) in [5.74, 6) is -0.132. The molecule has 1 rings (SSSR count). The van der Waals surface area contributed by atoms with Crippen LogP contribution in [0.3, 0.4) is 0 Å². The van der Waals surface area contributed by atoms with E-state index in [0.29, 0.717) is 13.0 Å². The molecule has 112 valence electrons. The van der Waals surface area contributed by atoms with Gasteiger partial charge in [0.2, 0.25) is 5.91 Å². The first-order chi connectivity index (χ1) is 8.54. The Labute approximate surface area is 116 Å². The Morgan fingerprint density at radius 3 is 2.42 bits per heavy atom. The molecule has 2 unspecified atom stereocenters. The number of hydrogen-bond acceptors (Lipinski definition) is 4. The minimum atomic E-state index is -0.923. The zero-order chi connectivity index (χ0) is 15.1. The van der Waals surface area contributed by atoms with Gasteiger partial charge in [0.25, 0.3) is 0 Å². The van der Waals surface area contributed by atoms with Gasteiger partial charge in [-0.1, -0.05) is 13.8 Å². The number of rotatable bonds is 5. The number of carbonyl (C=O) groups is 1. The van der Waals surface area contributed by atoms with Gasteiger partial charge in [0.15, 0.2) is 0 Å². The van der Waals surface area contributed by atoms with E-state index in [1.54, 1.807) is 11.9 Å². The van der Waals surface area contributed by atoms with Gasteiger partial charge in [-0.15, -0.1) is 0 Å². The molecule has 0 aromatic rings. The molecule has 1 aliphatic carbocycles. The van der Waals surface area contributed by atoms with Gasteiger partial charge in [-0.25, -0.2) is 0 Å². The quantitative estimate of drug-likeness (QED) is 0.774. The van der Waals surface area contributed by atoms with Crippen LogP contribution in [0.1, 0.15) is 41.0 Å². The second-order valence-corrected chi connectivity index (χ2v) is 6.68. The molecular weight excluding hydrogens is 244 g/mol. The number of nitrogens with zero attached hydrogens (tertiary/aromatic N) is 1. The lowest BCUT2D eigenvalue weighted by atomic mass is 9.54. The van der Waals surface area contributed by atoms with Gasteiger partial charge < -0.3 is 20.5 Å². The van der Waals surface area contributed by atoms with Crippen molar-refractivity contribution in [1.82, 2.24) is 4.90 Å². The van der Waals surface area contributed by atoms with Crippen LogP contribution in [0.4, 0.5) is 0 Å². The largest absolute Gasteiger partial charge is 0.394 e. The Hall–Kier alpha value is -0.650. The number of hydrogen-bond donors (Lipinski definition) is 2. The average Bonchev–Trinajstić information content (AvgIpc) is 2.36. The lowest BCUT2D eigenvalue weighted by molar-refractivity contribution is -0.182. The maximum atomic E-state index is 12.7. The molecule has 19 heavy (non-hydrogen) atoms. The van der Waals surface area contributed by atoms with E-state index in [4.69, 9.17) is 10.5 Å². The summed E-state index contributed by atoms with van der Waals surface area (Å²) in [6, 6.07) is 0. The molecule has 0 spiro atoms. The van der Waals surface area contributed by atoms with Crippen molar-refractivity contribution in [3.8, 4) is 0 Å². The van der Waals surface area contributed by atoms with Crippen LogP contribution < -0.4 is 5.73 Å². The summed E-state index contributed by atoms with van der Waals surface area (Å²) in [5.41, 5.74) is 4.40. The smallest absolute Gasteiger partial charge is 0.243 e. The summed E-state index contributed by atoms with van der Waals surface area (Å²) in [6.07, 6.45) is 0.538. The highest BCUT2D eigenvalue weighted by atomic mass is 16.5. The van der Waals surface area contributed by atoms with Crippen molar-refractivity contribution in [2.24, 2.45) is 11.1 Å². The average molecular weight is 272 g/mol. The molecule has 3 N–H and O–H groups in total. The van der Waals surface area contributed by atoms with Crippen molar-refractivity contribution in [3.05, 3.63) is 0 Å². The van der Waals surface area contributed by atoms with Crippen molar-refractivity contribution in [1.29, 1.82) is 0 Å². The molecule has 0 saturated heterocycles. The minimum absolute atomic E-state index is 0.0112. The van der Waals surface area contributed by atoms with Gasteiger partial charge in [0, 0.05) is 25.5 Å². The number of amides is 1. The predicted molar refractivity (Wildman–Crippen MR) is 74.7 cm³/mol. The molecule has 0 heterocycles. The lowest BCUT2D eigenvalue weighted by Gasteiger charge is -2.59. The van der Waals surface area contributed by atoms with Crippen molar-refractivity contribution in [2.75, 3.05) is 20.3 Å². The van der Waals surface area contributed by atoms with Crippen LogP contribution >= 0.6 is 0 Å². The fraction of sp³-hybridized carbons (Fsp3) is 0.929. The van der Waals surface area contributed by atoms with Gasteiger partial charge >= 0.3 is 0 Å². The molecule has 0 aliphatic heterocycles. The zero-order valence-corrected chi connectivity index (χ0v) is 13.0. The topological polar surface area (TPSA) is 75.8 Å². The third-order valence-electron chi connectivity index (χ3n) is 4.81. The van der Waals surface area contributed by atoms with Gasteiger partial charge in [-0.2, -0.15) is 0 Å². The number of aliphatic hydroxyl groups excluding tert-OH is 1. The first kappa shape index (κ1) is 16.4. The summed E-state index contributed by atoms with van der Waals surface area (Å²) in [7, 11) is 1.69. The second-order valence-electron chi connectivity index (χ2n) is 6.68. The summed E-state index contributed by atoms with van der Waals surface area (Å²) >= 11 is 0. The van der Waals surface area contributed by atoms with Crippen LogP contribution in [0.2, 0.25) is 0 Å². The second kappa shape index (κ2) is 5.04. The van der Waals surface area contributed by atoms with E-state index < -0.39 is 16.5 Å². The summed E-state index contributed by atoms with van der Waals surface area (Å²) in [5, 5.41) is 9.38. The first-order valence-corrected chi connectivity index (χ1v) is 6.84. The Balaban J connectivity index is 2.89. The molecule has 1 amide bonds. The van der Waals surface area contributed by atoms with Crippen molar-refractivity contribution < 1.29 is 14.6 Å². The first-order valence-electron chi connectivity index (χ1n) is 6.84. The number of aliphatic hydroxyl groups is 1. The molecule has 0 aromatic carbocycles. The number of carbonyl (C=O) groups excluding carboxylic acids is 1. The fourth-order valence-electron chi connectivity index (χ4n) is 2.48. The minimum Gasteiger partial charge on any atom is -0.394 e. The normalized spacial score (nSPS) is 29.8. The van der Waals surface area contributed by atoms with E-state index in [2.05, 4.69) is 0 Å². The molecule has 5 nitrogen and oxygen atoms in total. The third-order valence-corrected chi connectivity index (χ3v) is 4.81. The lowest BCUT2D eigenvalue weighted by Crippen LogP contribution is -2.77. The summed E-state index contributed by atoms with van der Waals surface area (Å²) in [6.45, 7) is 10.0. The van der Waals surface area contributed by atoms with Crippen LogP contribution in [-0.4, -0.2) is 53.4 Å². The molecule has 1 fully saturated rings. The van der Waals surface area contributed by atoms with Gasteiger partial charge in [-0.3, -0.25) is 4.79 Å². The van der Waals surface area contributed by atoms with Crippen LogP contribution in [0, 0.1) is 5.41 Å². The highest BCUT2D eigenvalue weighted by molar-refractivity contribution is 5.89. The molecule has 0 radical (unpaired) electrons. The molecule has 5 heteroatoms. The van der Waals surface area contributed by atoms with E-state index in [1.807, 2.05) is 34.6 Å². The highest BCUT2D eigenvalue weighted by Crippen LogP contribution is 2.50. The maximum Gasteiger partial charge on any atom is 0.243 e. The van der Waals surface area contributed by atoms with E-state index in [-0.39, 0.29) is 18.6 Å². The fourth-order valence-corrected chi connectivity index (χ4v) is 2.48. The Morgan fingerprint density at radius 2 is 2.05 bits per heavy atom. The van der Waals surface area contributed by atoms with Crippen LogP contribution in [0.25, 0.3) is 0 Å². The van der Waals surface area contributed by atoms with Crippen molar-refractivity contribution in [2.45, 2.75) is 58.2 Å². The molecule has 0 aromatic heterocycles. The van der Waals surface area contributed by atoms with E-state index in [9.17, 15) is 9.90 Å². The zero-order valence-electron chi connectivity index (χ0n) is 13.0. The highest BCUT2D eigenvalue weighted by Gasteiger charge is 2.64. The van der Waals surface area contributed by atoms with E-state index in [0.717, 1.165) is 0 Å². The molecule has 0 bridgehead atoms. The van der Waals surface area contributed by atoms with Gasteiger partial charge in [0.1, 0.15) is 5.54 Å². The van der Waals surface area contributed by atoms with Crippen molar-refractivity contribution in [3.63, 3.8) is 0 Å². The Bertz CT molecular complexity index is 355. The van der Waals surface area contributed by atoms with Gasteiger partial charge in [-0.05, 0) is 20.8 Å². The summed E-state index contributed by atoms with van der Waals surface area (Å²) in [4.78, 5) is 14.2. The molecular formula is C14H28N2O3. The van der Waals surface area contributed by atoms with Crippen molar-refractivity contribution >= 4 is 5.91 Å². The van der Waals surface area contributed by atoms with Crippen LogP contribution in [-0.2, 0) is 9.53 Å². The standard InChI is InChI=1S/C14H28N2O3/c1-7-19-10-8-14(15,13(10,4)5)11(18)16(6)12(2,3)9-17/h10,17H,7-9,15H2,1-6H3. The number of likely N-dealkylation sites (N-methyl/N-ethyl adjacent to an activating group) is 1. The molecule has 1 aliphatic rings. The molecule has 2 atom stereocenters. The van der Waals surface area contributed by atoms with E-state index in [1.165, 1.54) is 0 Å². The van der Waals surface area contributed by atoms with Crippen LogP contribution in [0.15, 0.2) is 0 Å². The Morgan fingerprint density at radius 1 is 1.53 bits per heavy atom. The monoisotopic (exact) mass is 272 g/mol. The molecule has 1 saturated carbocycles. The van der Waals surface area contributed by atoms with E-state index >= 15 is 0 Å². The number of nitrogens with two attached hydrogens (primary N) is 1.